The fraction of sp³-hybridized carbons (Fsp3) is 0.333. The van der Waals surface area contributed by atoms with Crippen molar-refractivity contribution >= 4 is 11.6 Å². The summed E-state index contributed by atoms with van der Waals surface area (Å²) in [4.78, 5) is 13.7. The second-order valence-corrected chi connectivity index (χ2v) is 4.40. The van der Waals surface area contributed by atoms with E-state index in [0.717, 1.165) is 5.69 Å². The van der Waals surface area contributed by atoms with Gasteiger partial charge in [-0.3, -0.25) is 4.79 Å². The summed E-state index contributed by atoms with van der Waals surface area (Å²) in [5, 5.41) is 11.8. The third-order valence-corrected chi connectivity index (χ3v) is 2.50. The van der Waals surface area contributed by atoms with Crippen LogP contribution in [0.5, 0.6) is 0 Å². The van der Waals surface area contributed by atoms with Crippen molar-refractivity contribution in [2.45, 2.75) is 26.8 Å². The maximum atomic E-state index is 11.8. The van der Waals surface area contributed by atoms with Crippen molar-refractivity contribution in [3.05, 3.63) is 42.1 Å². The number of nitrogens with zero attached hydrogens (tertiary/aromatic N) is 2. The first kappa shape index (κ1) is 14.8. The molecule has 0 saturated carbocycles. The van der Waals surface area contributed by atoms with Gasteiger partial charge >= 0.3 is 0 Å². The van der Waals surface area contributed by atoms with Crippen LogP contribution in [0.3, 0.4) is 0 Å². The number of hydrogen-bond donors (Lipinski definition) is 1. The largest absolute Gasteiger partial charge is 0.349 e. The van der Waals surface area contributed by atoms with Crippen LogP contribution in [0.15, 0.2) is 42.1 Å². The van der Waals surface area contributed by atoms with Crippen molar-refractivity contribution in [3.8, 4) is 6.07 Å². The molecule has 0 aliphatic carbocycles. The zero-order chi connectivity index (χ0) is 14.3. The molecule has 0 heterocycles. The van der Waals surface area contributed by atoms with Crippen LogP contribution in [0.4, 0.5) is 5.69 Å². The second kappa shape index (κ2) is 7.22. The van der Waals surface area contributed by atoms with E-state index in [1.165, 1.54) is 0 Å². The Morgan fingerprint density at radius 3 is 2.53 bits per heavy atom. The Morgan fingerprint density at radius 2 is 2.05 bits per heavy atom. The fourth-order valence-corrected chi connectivity index (χ4v) is 1.60. The standard InChI is InChI=1S/C15H19N3O/c1-4-18(14-8-6-5-7-9-14)11-13(10-16)15(19)17-12(2)3/h5-9,11-12H,4H2,1-3H3,(H,17,19)/b13-11-. The third kappa shape index (κ3) is 4.47. The average Bonchev–Trinajstić information content (AvgIpc) is 2.40. The molecule has 0 atom stereocenters. The van der Waals surface area contributed by atoms with E-state index in [2.05, 4.69) is 5.32 Å². The Kier molecular flexibility index (Phi) is 5.62. The lowest BCUT2D eigenvalue weighted by Gasteiger charge is -2.19. The Morgan fingerprint density at radius 1 is 1.42 bits per heavy atom. The minimum Gasteiger partial charge on any atom is -0.349 e. The number of carbonyl (C=O) groups is 1. The molecule has 1 amide bonds. The summed E-state index contributed by atoms with van der Waals surface area (Å²) in [5.74, 6) is -0.341. The number of amides is 1. The number of hydrogen-bond acceptors (Lipinski definition) is 3. The van der Waals surface area contributed by atoms with Crippen molar-refractivity contribution in [3.63, 3.8) is 0 Å². The number of nitrogens with one attached hydrogen (secondary N) is 1. The molecule has 1 aromatic carbocycles. The molecule has 1 N–H and O–H groups in total. The highest BCUT2D eigenvalue weighted by Gasteiger charge is 2.12. The normalized spacial score (nSPS) is 11.0. The van der Waals surface area contributed by atoms with E-state index in [-0.39, 0.29) is 17.5 Å². The molecule has 4 heteroatoms. The van der Waals surface area contributed by atoms with Crippen molar-refractivity contribution in [2.75, 3.05) is 11.4 Å². The van der Waals surface area contributed by atoms with Crippen molar-refractivity contribution in [1.29, 1.82) is 5.26 Å². The zero-order valence-electron chi connectivity index (χ0n) is 11.6. The molecular formula is C15H19N3O. The van der Waals surface area contributed by atoms with Crippen LogP contribution >= 0.6 is 0 Å². The number of rotatable bonds is 5. The highest BCUT2D eigenvalue weighted by Crippen LogP contribution is 2.14. The Balaban J connectivity index is 2.95. The summed E-state index contributed by atoms with van der Waals surface area (Å²) in [6.07, 6.45) is 1.59. The molecular weight excluding hydrogens is 238 g/mol. The zero-order valence-corrected chi connectivity index (χ0v) is 11.6. The lowest BCUT2D eigenvalue weighted by molar-refractivity contribution is -0.117. The molecule has 0 bridgehead atoms. The van der Waals surface area contributed by atoms with Crippen molar-refractivity contribution in [1.82, 2.24) is 5.32 Å². The summed E-state index contributed by atoms with van der Waals surface area (Å²) in [6.45, 7) is 6.38. The van der Waals surface area contributed by atoms with E-state index in [9.17, 15) is 4.79 Å². The molecule has 100 valence electrons. The fourth-order valence-electron chi connectivity index (χ4n) is 1.60. The smallest absolute Gasteiger partial charge is 0.263 e. The van der Waals surface area contributed by atoms with Gasteiger partial charge in [0.1, 0.15) is 11.6 Å². The molecule has 0 saturated heterocycles. The van der Waals surface area contributed by atoms with Crippen LogP contribution in [0, 0.1) is 11.3 Å². The third-order valence-electron chi connectivity index (χ3n) is 2.50. The average molecular weight is 257 g/mol. The molecule has 1 aromatic rings. The molecule has 0 aliphatic heterocycles. The topological polar surface area (TPSA) is 56.1 Å². The van der Waals surface area contributed by atoms with E-state index in [1.807, 2.05) is 62.1 Å². The van der Waals surface area contributed by atoms with Gasteiger partial charge in [0.2, 0.25) is 0 Å². The van der Waals surface area contributed by atoms with Gasteiger partial charge in [0.25, 0.3) is 5.91 Å². The number of anilines is 1. The predicted octanol–water partition coefficient (Wildman–Crippen LogP) is 2.44. The van der Waals surface area contributed by atoms with Crippen LogP contribution in [0.25, 0.3) is 0 Å². The van der Waals surface area contributed by atoms with Gasteiger partial charge in [0.05, 0.1) is 0 Å². The van der Waals surface area contributed by atoms with E-state index in [0.29, 0.717) is 6.54 Å². The Labute approximate surface area is 114 Å². The minimum absolute atomic E-state index is 0.0102. The molecule has 0 spiro atoms. The first-order valence-electron chi connectivity index (χ1n) is 6.33. The quantitative estimate of drug-likeness (QED) is 0.651. The van der Waals surface area contributed by atoms with E-state index >= 15 is 0 Å². The maximum Gasteiger partial charge on any atom is 0.263 e. The summed E-state index contributed by atoms with van der Waals surface area (Å²) in [7, 11) is 0. The highest BCUT2D eigenvalue weighted by atomic mass is 16.1. The molecule has 0 unspecified atom stereocenters. The molecule has 4 nitrogen and oxygen atoms in total. The lowest BCUT2D eigenvalue weighted by atomic mass is 10.2. The number of para-hydroxylation sites is 1. The van der Waals surface area contributed by atoms with Gasteiger partial charge in [-0.1, -0.05) is 18.2 Å². The van der Waals surface area contributed by atoms with Crippen LogP contribution < -0.4 is 10.2 Å². The molecule has 0 aromatic heterocycles. The lowest BCUT2D eigenvalue weighted by Crippen LogP contribution is -2.32. The number of carbonyl (C=O) groups excluding carboxylic acids is 1. The van der Waals surface area contributed by atoms with Crippen LogP contribution in [0.1, 0.15) is 20.8 Å². The van der Waals surface area contributed by atoms with Gasteiger partial charge in [-0.15, -0.1) is 0 Å². The summed E-state index contributed by atoms with van der Waals surface area (Å²) in [5.41, 5.74) is 1.06. The monoisotopic (exact) mass is 257 g/mol. The van der Waals surface area contributed by atoms with E-state index in [1.54, 1.807) is 6.20 Å². The maximum absolute atomic E-state index is 11.8. The molecule has 1 rings (SSSR count). The molecule has 0 aliphatic rings. The SMILES string of the molecule is CCN(/C=C(/C#N)C(=O)NC(C)C)c1ccccc1. The van der Waals surface area contributed by atoms with Crippen LogP contribution in [-0.2, 0) is 4.79 Å². The first-order valence-corrected chi connectivity index (χ1v) is 6.33. The second-order valence-electron chi connectivity index (χ2n) is 4.40. The molecule has 0 fully saturated rings. The summed E-state index contributed by atoms with van der Waals surface area (Å²) < 4.78 is 0. The molecule has 19 heavy (non-hydrogen) atoms. The van der Waals surface area contributed by atoms with Crippen LogP contribution in [0.2, 0.25) is 0 Å². The number of benzene rings is 1. The first-order chi connectivity index (χ1) is 9.08. The van der Waals surface area contributed by atoms with Gasteiger partial charge < -0.3 is 10.2 Å². The van der Waals surface area contributed by atoms with Gasteiger partial charge in [0.15, 0.2) is 0 Å². The van der Waals surface area contributed by atoms with Crippen LogP contribution in [-0.4, -0.2) is 18.5 Å². The van der Waals surface area contributed by atoms with Gasteiger partial charge in [-0.25, -0.2) is 0 Å². The van der Waals surface area contributed by atoms with Gasteiger partial charge in [-0.2, -0.15) is 5.26 Å². The minimum atomic E-state index is -0.341. The summed E-state index contributed by atoms with van der Waals surface area (Å²) in [6, 6.07) is 11.6. The Hall–Kier alpha value is -2.28. The highest BCUT2D eigenvalue weighted by molar-refractivity contribution is 5.97. The van der Waals surface area contributed by atoms with Gasteiger partial charge in [0, 0.05) is 24.5 Å². The van der Waals surface area contributed by atoms with Gasteiger partial charge in [-0.05, 0) is 32.9 Å². The van der Waals surface area contributed by atoms with Crippen molar-refractivity contribution in [2.24, 2.45) is 0 Å². The van der Waals surface area contributed by atoms with E-state index < -0.39 is 0 Å². The Bertz CT molecular complexity index is 486. The van der Waals surface area contributed by atoms with Crippen molar-refractivity contribution < 1.29 is 4.79 Å². The number of nitriles is 1. The van der Waals surface area contributed by atoms with E-state index in [4.69, 9.17) is 5.26 Å². The summed E-state index contributed by atoms with van der Waals surface area (Å²) >= 11 is 0. The predicted molar refractivity (Wildman–Crippen MR) is 76.4 cm³/mol. The molecule has 0 radical (unpaired) electrons.